The van der Waals surface area contributed by atoms with Crippen LogP contribution in [0.3, 0.4) is 0 Å². The fourth-order valence-electron chi connectivity index (χ4n) is 3.80. The number of carbonyl (C=O) groups excluding carboxylic acids is 1. The molecule has 1 heterocycles. The molecule has 5 heteroatoms. The first-order valence-corrected chi connectivity index (χ1v) is 8.31. The van der Waals surface area contributed by atoms with Gasteiger partial charge in [-0.2, -0.15) is 0 Å². The number of carboxylic acid groups (broad SMARTS) is 1. The van der Waals surface area contributed by atoms with Crippen LogP contribution in [0.2, 0.25) is 0 Å². The Balaban J connectivity index is 1.75. The molecule has 21 heavy (non-hydrogen) atoms. The normalized spacial score (nSPS) is 22.1. The van der Waals surface area contributed by atoms with E-state index < -0.39 is 5.97 Å². The number of hydrogen-bond acceptors (Lipinski definition) is 3. The van der Waals surface area contributed by atoms with Gasteiger partial charge in [0.05, 0.1) is 6.42 Å². The smallest absolute Gasteiger partial charge is 0.303 e. The summed E-state index contributed by atoms with van der Waals surface area (Å²) >= 11 is 0. The maximum absolute atomic E-state index is 12.1. The summed E-state index contributed by atoms with van der Waals surface area (Å²) in [6.45, 7) is 3.87. The first-order chi connectivity index (χ1) is 10.1. The molecule has 2 N–H and O–H groups in total. The number of carbonyl (C=O) groups is 2. The van der Waals surface area contributed by atoms with Crippen LogP contribution >= 0.6 is 0 Å². The van der Waals surface area contributed by atoms with E-state index >= 15 is 0 Å². The van der Waals surface area contributed by atoms with Gasteiger partial charge in [0.15, 0.2) is 0 Å². The number of amides is 1. The average molecular weight is 296 g/mol. The molecule has 0 aromatic rings. The van der Waals surface area contributed by atoms with Crippen molar-refractivity contribution in [2.75, 3.05) is 26.2 Å². The molecule has 0 atom stereocenters. The van der Waals surface area contributed by atoms with Crippen molar-refractivity contribution in [3.63, 3.8) is 0 Å². The summed E-state index contributed by atoms with van der Waals surface area (Å²) < 4.78 is 0. The molecule has 0 aromatic heterocycles. The van der Waals surface area contributed by atoms with Crippen LogP contribution in [0.25, 0.3) is 0 Å². The Bertz CT molecular complexity index is 359. The molecule has 2 fully saturated rings. The lowest BCUT2D eigenvalue weighted by molar-refractivity contribution is -0.141. The Morgan fingerprint density at radius 1 is 1.00 bits per heavy atom. The summed E-state index contributed by atoms with van der Waals surface area (Å²) in [7, 11) is 0. The second-order valence-electron chi connectivity index (χ2n) is 6.71. The Morgan fingerprint density at radius 3 is 2.29 bits per heavy atom. The van der Waals surface area contributed by atoms with E-state index in [0.717, 1.165) is 51.7 Å². The van der Waals surface area contributed by atoms with E-state index in [2.05, 4.69) is 10.2 Å². The van der Waals surface area contributed by atoms with Crippen LogP contribution in [-0.2, 0) is 9.59 Å². The third kappa shape index (κ3) is 5.30. The van der Waals surface area contributed by atoms with Crippen LogP contribution in [0.1, 0.15) is 57.8 Å². The molecule has 1 amide bonds. The number of hydrogen-bond donors (Lipinski definition) is 2. The molecule has 1 saturated heterocycles. The summed E-state index contributed by atoms with van der Waals surface area (Å²) in [5.74, 6) is -0.751. The highest BCUT2D eigenvalue weighted by atomic mass is 16.4. The molecule has 1 aliphatic heterocycles. The molecule has 2 aliphatic rings. The number of nitrogens with one attached hydrogen (secondary N) is 1. The molecule has 0 unspecified atom stereocenters. The van der Waals surface area contributed by atoms with Crippen LogP contribution in [0.4, 0.5) is 0 Å². The molecule has 1 aliphatic carbocycles. The van der Waals surface area contributed by atoms with E-state index in [4.69, 9.17) is 5.11 Å². The van der Waals surface area contributed by atoms with Crippen molar-refractivity contribution in [2.24, 2.45) is 5.41 Å². The van der Waals surface area contributed by atoms with E-state index in [0.29, 0.717) is 13.0 Å². The first kappa shape index (κ1) is 16.3. The molecule has 0 aromatic carbocycles. The predicted molar refractivity (Wildman–Crippen MR) is 81.1 cm³/mol. The Kier molecular flexibility index (Phi) is 6.03. The van der Waals surface area contributed by atoms with Gasteiger partial charge in [0, 0.05) is 19.5 Å². The molecule has 2 rings (SSSR count). The monoisotopic (exact) mass is 296 g/mol. The zero-order chi connectivity index (χ0) is 15.1. The van der Waals surface area contributed by atoms with Gasteiger partial charge in [-0.1, -0.05) is 19.3 Å². The van der Waals surface area contributed by atoms with E-state index in [1.54, 1.807) is 0 Å². The second kappa shape index (κ2) is 7.78. The third-order valence-electron chi connectivity index (χ3n) is 4.92. The fourth-order valence-corrected chi connectivity index (χ4v) is 3.80. The number of likely N-dealkylation sites (tertiary alicyclic amines) is 1. The lowest BCUT2D eigenvalue weighted by Gasteiger charge is -2.35. The summed E-state index contributed by atoms with van der Waals surface area (Å²) in [5.41, 5.74) is -0.304. The first-order valence-electron chi connectivity index (χ1n) is 8.31. The van der Waals surface area contributed by atoms with Crippen LogP contribution in [0, 0.1) is 5.41 Å². The molecular weight excluding hydrogens is 268 g/mol. The number of aliphatic carboxylic acids is 1. The van der Waals surface area contributed by atoms with Crippen molar-refractivity contribution < 1.29 is 14.7 Å². The number of carboxylic acids is 1. The maximum atomic E-state index is 12.1. The minimum absolute atomic E-state index is 0.0253. The summed E-state index contributed by atoms with van der Waals surface area (Å²) in [5, 5.41) is 12.1. The number of rotatable bonds is 7. The Labute approximate surface area is 127 Å². The Hall–Kier alpha value is -1.10. The van der Waals surface area contributed by atoms with Crippen LogP contribution < -0.4 is 5.32 Å². The zero-order valence-corrected chi connectivity index (χ0v) is 12.9. The van der Waals surface area contributed by atoms with Crippen molar-refractivity contribution in [2.45, 2.75) is 57.8 Å². The van der Waals surface area contributed by atoms with Crippen molar-refractivity contribution >= 4 is 11.9 Å². The summed E-state index contributed by atoms with van der Waals surface area (Å²) in [6.07, 6.45) is 8.04. The van der Waals surface area contributed by atoms with Crippen LogP contribution in [0.5, 0.6) is 0 Å². The highest BCUT2D eigenvalue weighted by Gasteiger charge is 2.36. The second-order valence-corrected chi connectivity index (χ2v) is 6.71. The molecular formula is C16H28N2O3. The van der Waals surface area contributed by atoms with E-state index in [-0.39, 0.29) is 17.7 Å². The Morgan fingerprint density at radius 2 is 1.67 bits per heavy atom. The molecule has 0 spiro atoms. The van der Waals surface area contributed by atoms with Gasteiger partial charge in [0.2, 0.25) is 5.91 Å². The molecule has 0 bridgehead atoms. The molecule has 0 radical (unpaired) electrons. The summed E-state index contributed by atoms with van der Waals surface area (Å²) in [6, 6.07) is 0. The topological polar surface area (TPSA) is 69.6 Å². The lowest BCUT2D eigenvalue weighted by atomic mass is 9.69. The minimum Gasteiger partial charge on any atom is -0.481 e. The van der Waals surface area contributed by atoms with Crippen LogP contribution in [-0.4, -0.2) is 48.1 Å². The van der Waals surface area contributed by atoms with E-state index in [1.165, 1.54) is 12.8 Å². The molecule has 5 nitrogen and oxygen atoms in total. The van der Waals surface area contributed by atoms with Gasteiger partial charge in [-0.05, 0) is 44.2 Å². The zero-order valence-electron chi connectivity index (χ0n) is 12.9. The van der Waals surface area contributed by atoms with Gasteiger partial charge >= 0.3 is 5.97 Å². The van der Waals surface area contributed by atoms with E-state index in [1.807, 2.05) is 0 Å². The van der Waals surface area contributed by atoms with Gasteiger partial charge in [0.25, 0.3) is 0 Å². The SMILES string of the molecule is O=C(O)CC1(CC(=O)NCCN2CCCC2)CCCCC1. The summed E-state index contributed by atoms with van der Waals surface area (Å²) in [4.78, 5) is 25.6. The van der Waals surface area contributed by atoms with Crippen molar-refractivity contribution in [3.05, 3.63) is 0 Å². The third-order valence-corrected chi connectivity index (χ3v) is 4.92. The predicted octanol–water partition coefficient (Wildman–Crippen LogP) is 2.01. The van der Waals surface area contributed by atoms with Crippen LogP contribution in [0.15, 0.2) is 0 Å². The standard InChI is InChI=1S/C16H28N2O3/c19-14(17-8-11-18-9-4-5-10-18)12-16(13-15(20)21)6-2-1-3-7-16/h1-13H2,(H,17,19)(H,20,21). The quantitative estimate of drug-likeness (QED) is 0.754. The highest BCUT2D eigenvalue weighted by molar-refractivity contribution is 5.78. The van der Waals surface area contributed by atoms with Crippen molar-refractivity contribution in [3.8, 4) is 0 Å². The maximum Gasteiger partial charge on any atom is 0.303 e. The fraction of sp³-hybridized carbons (Fsp3) is 0.875. The lowest BCUT2D eigenvalue weighted by Crippen LogP contribution is -2.38. The largest absolute Gasteiger partial charge is 0.481 e. The highest BCUT2D eigenvalue weighted by Crippen LogP contribution is 2.42. The molecule has 120 valence electrons. The van der Waals surface area contributed by atoms with Crippen molar-refractivity contribution in [1.82, 2.24) is 10.2 Å². The van der Waals surface area contributed by atoms with Gasteiger partial charge in [0.1, 0.15) is 0 Å². The van der Waals surface area contributed by atoms with Gasteiger partial charge in [-0.15, -0.1) is 0 Å². The van der Waals surface area contributed by atoms with Gasteiger partial charge in [-0.25, -0.2) is 0 Å². The number of nitrogens with zero attached hydrogens (tertiary/aromatic N) is 1. The molecule has 1 saturated carbocycles. The van der Waals surface area contributed by atoms with E-state index in [9.17, 15) is 9.59 Å². The van der Waals surface area contributed by atoms with Crippen molar-refractivity contribution in [1.29, 1.82) is 0 Å². The average Bonchev–Trinajstić information content (AvgIpc) is 2.91. The van der Waals surface area contributed by atoms with Gasteiger partial charge in [-0.3, -0.25) is 9.59 Å². The van der Waals surface area contributed by atoms with Gasteiger partial charge < -0.3 is 15.3 Å². The minimum atomic E-state index is -0.776.